The van der Waals surface area contributed by atoms with Crippen LogP contribution in [-0.4, -0.2) is 34.6 Å². The summed E-state index contributed by atoms with van der Waals surface area (Å²) < 4.78 is 0. The van der Waals surface area contributed by atoms with Crippen molar-refractivity contribution in [1.29, 1.82) is 0 Å². The topological polar surface area (TPSA) is 145 Å². The van der Waals surface area contributed by atoms with Gasteiger partial charge >= 0.3 is 16.8 Å². The number of aliphatic imine (C=N–C) groups is 2. The van der Waals surface area contributed by atoms with Crippen molar-refractivity contribution in [3.63, 3.8) is 0 Å². The van der Waals surface area contributed by atoms with Crippen LogP contribution in [-0.2, 0) is 26.4 Å². The number of carbonyl (C=O) groups excluding carboxylic acids is 2. The number of nitrogens with zero attached hydrogens (tertiary/aromatic N) is 2. The van der Waals surface area contributed by atoms with Crippen LogP contribution in [0.25, 0.3) is 0 Å². The molecule has 0 saturated carbocycles. The predicted molar refractivity (Wildman–Crippen MR) is 119 cm³/mol. The third-order valence-electron chi connectivity index (χ3n) is 3.43. The minimum atomic E-state index is -1.08. The van der Waals surface area contributed by atoms with E-state index in [4.69, 9.17) is 19.8 Å². The largest absolute Gasteiger partial charge is 2.00 e. The fourth-order valence-electron chi connectivity index (χ4n) is 2.11. The van der Waals surface area contributed by atoms with Crippen molar-refractivity contribution in [2.45, 2.75) is 13.8 Å². The van der Waals surface area contributed by atoms with Gasteiger partial charge in [0.25, 0.3) is 0 Å². The van der Waals surface area contributed by atoms with Crippen LogP contribution in [0.3, 0.4) is 0 Å². The Hall–Kier alpha value is -3.95. The molecular formula is C24H22CoN2O6. The van der Waals surface area contributed by atoms with Crippen molar-refractivity contribution in [3.05, 3.63) is 83.9 Å². The fourth-order valence-corrected chi connectivity index (χ4v) is 2.11. The van der Waals surface area contributed by atoms with Crippen molar-refractivity contribution >= 4 is 35.7 Å². The van der Waals surface area contributed by atoms with E-state index < -0.39 is 11.9 Å². The molecule has 0 unspecified atom stereocenters. The zero-order valence-electron chi connectivity index (χ0n) is 17.8. The first kappa shape index (κ1) is 29.0. The van der Waals surface area contributed by atoms with Crippen molar-refractivity contribution in [3.8, 4) is 11.5 Å². The molecule has 0 heterocycles. The summed E-state index contributed by atoms with van der Waals surface area (Å²) in [6, 6.07) is 21.4. The van der Waals surface area contributed by atoms with Gasteiger partial charge in [-0.1, -0.05) is 24.3 Å². The van der Waals surface area contributed by atoms with Crippen LogP contribution in [0.5, 0.6) is 11.5 Å². The van der Waals surface area contributed by atoms with Crippen LogP contribution in [0.15, 0.2) is 82.8 Å². The molecule has 173 valence electrons. The van der Waals surface area contributed by atoms with Crippen molar-refractivity contribution < 1.29 is 46.8 Å². The molecule has 0 spiro atoms. The van der Waals surface area contributed by atoms with Gasteiger partial charge in [-0.25, -0.2) is 0 Å². The molecule has 3 aromatic rings. The number of hydrogen-bond acceptors (Lipinski definition) is 8. The number of carbonyl (C=O) groups is 2. The van der Waals surface area contributed by atoms with Gasteiger partial charge in [0.15, 0.2) is 0 Å². The normalized spacial score (nSPS) is 9.76. The van der Waals surface area contributed by atoms with E-state index in [0.29, 0.717) is 11.1 Å². The summed E-state index contributed by atoms with van der Waals surface area (Å²) in [4.78, 5) is 26.4. The molecule has 3 aromatic carbocycles. The number of phenolic OH excluding ortho intramolecular Hbond substituents is 2. The van der Waals surface area contributed by atoms with E-state index >= 15 is 0 Å². The summed E-state index contributed by atoms with van der Waals surface area (Å²) in [6.07, 6.45) is 3.24. The van der Waals surface area contributed by atoms with Crippen LogP contribution in [0.1, 0.15) is 25.0 Å². The zero-order chi connectivity index (χ0) is 23.9. The summed E-state index contributed by atoms with van der Waals surface area (Å²) in [5.74, 6) is -1.77. The Morgan fingerprint density at radius 3 is 1.21 bits per heavy atom. The van der Waals surface area contributed by atoms with Crippen molar-refractivity contribution in [1.82, 2.24) is 0 Å². The van der Waals surface area contributed by atoms with E-state index in [1.807, 2.05) is 36.4 Å². The van der Waals surface area contributed by atoms with E-state index in [9.17, 15) is 10.2 Å². The second-order valence-electron chi connectivity index (χ2n) is 6.13. The molecule has 8 nitrogen and oxygen atoms in total. The SMILES string of the molecule is CC(=O)[O-].CC(=O)[O-].Oc1ccccc1C=Nc1ccc(N=Cc2ccccc2O)cc1.[Co+2]. The second kappa shape index (κ2) is 15.8. The average molecular weight is 493 g/mol. The van der Waals surface area contributed by atoms with Crippen LogP contribution in [0, 0.1) is 0 Å². The van der Waals surface area contributed by atoms with Gasteiger partial charge < -0.3 is 30.0 Å². The van der Waals surface area contributed by atoms with Gasteiger partial charge in [0, 0.05) is 35.5 Å². The van der Waals surface area contributed by atoms with Crippen LogP contribution >= 0.6 is 0 Å². The first-order chi connectivity index (χ1) is 15.2. The molecule has 2 N–H and O–H groups in total. The fraction of sp³-hybridized carbons (Fsp3) is 0.0833. The Morgan fingerprint density at radius 1 is 0.667 bits per heavy atom. The smallest absolute Gasteiger partial charge is 0.550 e. The molecule has 0 aliphatic rings. The molecule has 0 saturated heterocycles. The van der Waals surface area contributed by atoms with Gasteiger partial charge in [0.2, 0.25) is 0 Å². The molecule has 0 fully saturated rings. The molecule has 0 aromatic heterocycles. The van der Waals surface area contributed by atoms with E-state index in [1.54, 1.807) is 48.8 Å². The van der Waals surface area contributed by atoms with Gasteiger partial charge in [-0.15, -0.1) is 0 Å². The summed E-state index contributed by atoms with van der Waals surface area (Å²) in [7, 11) is 0. The van der Waals surface area contributed by atoms with Crippen LogP contribution in [0.2, 0.25) is 0 Å². The summed E-state index contributed by atoms with van der Waals surface area (Å²) in [5.41, 5.74) is 2.86. The van der Waals surface area contributed by atoms with Gasteiger partial charge in [-0.05, 0) is 62.4 Å². The number of rotatable bonds is 4. The maximum atomic E-state index is 9.70. The number of hydrogen-bond donors (Lipinski definition) is 2. The van der Waals surface area contributed by atoms with Crippen LogP contribution in [0.4, 0.5) is 11.4 Å². The van der Waals surface area contributed by atoms with Gasteiger partial charge in [0.05, 0.1) is 11.4 Å². The number of carboxylic acids is 2. The molecule has 0 bridgehead atoms. The monoisotopic (exact) mass is 493 g/mol. The Morgan fingerprint density at radius 2 is 0.939 bits per heavy atom. The molecule has 0 atom stereocenters. The maximum absolute atomic E-state index is 9.70. The van der Waals surface area contributed by atoms with E-state index in [-0.39, 0.29) is 28.3 Å². The Labute approximate surface area is 201 Å². The molecule has 3 rings (SSSR count). The minimum Gasteiger partial charge on any atom is -0.550 e. The van der Waals surface area contributed by atoms with Crippen LogP contribution < -0.4 is 10.2 Å². The number of benzene rings is 3. The Kier molecular flexibility index (Phi) is 13.9. The minimum absolute atomic E-state index is 0. The number of carboxylic acid groups (broad SMARTS) is 2. The van der Waals surface area contributed by atoms with Crippen molar-refractivity contribution in [2.24, 2.45) is 9.98 Å². The second-order valence-corrected chi connectivity index (χ2v) is 6.13. The average Bonchev–Trinajstić information content (AvgIpc) is 2.73. The predicted octanol–water partition coefficient (Wildman–Crippen LogP) is 2.11. The number of phenols is 2. The number of para-hydroxylation sites is 2. The first-order valence-corrected chi connectivity index (χ1v) is 9.28. The van der Waals surface area contributed by atoms with Gasteiger partial charge in [0.1, 0.15) is 11.5 Å². The van der Waals surface area contributed by atoms with E-state index in [0.717, 1.165) is 25.2 Å². The molecule has 1 radical (unpaired) electrons. The number of aromatic hydroxyl groups is 2. The molecule has 0 aliphatic carbocycles. The summed E-state index contributed by atoms with van der Waals surface area (Å²) in [5, 5.41) is 37.2. The zero-order valence-corrected chi connectivity index (χ0v) is 18.9. The Balaban J connectivity index is 0.000000991. The number of aliphatic carboxylic acids is 2. The Bertz CT molecular complexity index is 988. The summed E-state index contributed by atoms with van der Waals surface area (Å²) in [6.45, 7) is 1.94. The third-order valence-corrected chi connectivity index (χ3v) is 3.43. The van der Waals surface area contributed by atoms with Gasteiger partial charge in [-0.2, -0.15) is 0 Å². The maximum Gasteiger partial charge on any atom is 2.00 e. The quantitative estimate of drug-likeness (QED) is 0.533. The molecule has 0 aliphatic heterocycles. The molecule has 0 amide bonds. The molecular weight excluding hydrogens is 471 g/mol. The standard InChI is InChI=1S/C20H16N2O2.2C2H4O2.Co/c23-19-7-3-1-5-15(19)13-21-17-9-11-18(12-10-17)22-14-16-6-2-4-8-20(16)24;2*1-2(3)4;/h1-14,23-24H;2*1H3,(H,3,4);/q;;;+2/p-2. The summed E-state index contributed by atoms with van der Waals surface area (Å²) >= 11 is 0. The van der Waals surface area contributed by atoms with E-state index in [1.165, 1.54) is 0 Å². The van der Waals surface area contributed by atoms with Crippen molar-refractivity contribution in [2.75, 3.05) is 0 Å². The third kappa shape index (κ3) is 13.1. The first-order valence-electron chi connectivity index (χ1n) is 9.28. The molecule has 9 heteroatoms. The van der Waals surface area contributed by atoms with E-state index in [2.05, 4.69) is 9.98 Å². The van der Waals surface area contributed by atoms with Gasteiger partial charge in [-0.3, -0.25) is 9.98 Å². The molecule has 33 heavy (non-hydrogen) atoms.